The number of allylic oxidation sites excluding steroid dienone is 2. The topological polar surface area (TPSA) is 53.1 Å². The molecule has 0 saturated carbocycles. The van der Waals surface area contributed by atoms with Crippen molar-refractivity contribution in [3.63, 3.8) is 0 Å². The summed E-state index contributed by atoms with van der Waals surface area (Å²) >= 11 is 0. The van der Waals surface area contributed by atoms with Crippen LogP contribution in [0.15, 0.2) is 84.9 Å². The highest BCUT2D eigenvalue weighted by atomic mass is 16.4. The summed E-state index contributed by atoms with van der Waals surface area (Å²) in [7, 11) is 0. The molecule has 0 radical (unpaired) electrons. The van der Waals surface area contributed by atoms with Gasteiger partial charge in [0, 0.05) is 16.5 Å². The predicted octanol–water partition coefficient (Wildman–Crippen LogP) is 6.88. The molecule has 3 heteroatoms. The number of hydrogen-bond donors (Lipinski definition) is 2. The van der Waals surface area contributed by atoms with E-state index in [1.54, 1.807) is 12.1 Å². The van der Waals surface area contributed by atoms with Gasteiger partial charge >= 0.3 is 5.97 Å². The molecule has 148 valence electrons. The van der Waals surface area contributed by atoms with Crippen LogP contribution >= 0.6 is 0 Å². The number of carboxylic acids is 1. The molecule has 30 heavy (non-hydrogen) atoms. The lowest BCUT2D eigenvalue weighted by molar-refractivity contribution is 0.0697. The highest BCUT2D eigenvalue weighted by Crippen LogP contribution is 2.42. The lowest BCUT2D eigenvalue weighted by Crippen LogP contribution is -2.04. The van der Waals surface area contributed by atoms with Crippen molar-refractivity contribution in [2.75, 3.05) is 0 Å². The van der Waals surface area contributed by atoms with Gasteiger partial charge < -0.3 is 10.1 Å². The van der Waals surface area contributed by atoms with E-state index in [1.165, 1.54) is 16.7 Å². The second-order valence-corrected chi connectivity index (χ2v) is 7.92. The zero-order valence-corrected chi connectivity index (χ0v) is 16.6. The number of aromatic nitrogens is 1. The molecule has 1 aliphatic rings. The van der Waals surface area contributed by atoms with Gasteiger partial charge in [0.25, 0.3) is 0 Å². The monoisotopic (exact) mass is 393 g/mol. The Morgan fingerprint density at radius 2 is 1.67 bits per heavy atom. The largest absolute Gasteiger partial charge is 0.478 e. The Balaban J connectivity index is 1.60. The minimum atomic E-state index is -0.906. The van der Waals surface area contributed by atoms with Gasteiger partial charge in [0.1, 0.15) is 0 Å². The molecule has 3 nitrogen and oxygen atoms in total. The number of hydrogen-bond acceptors (Lipinski definition) is 1. The van der Waals surface area contributed by atoms with E-state index in [4.69, 9.17) is 0 Å². The van der Waals surface area contributed by atoms with Crippen molar-refractivity contribution >= 4 is 22.4 Å². The smallest absolute Gasteiger partial charge is 0.335 e. The third-order valence-corrected chi connectivity index (χ3v) is 6.11. The molecule has 4 aromatic rings. The fourth-order valence-electron chi connectivity index (χ4n) is 4.57. The van der Waals surface area contributed by atoms with E-state index in [0.29, 0.717) is 11.5 Å². The SMILES string of the molecule is O=C(O)c1ccc2c(C3=CCC(c4ccccc4)CC3)c(-c3ccccc3)[nH]c2c1. The Bertz CT molecular complexity index is 1240. The van der Waals surface area contributed by atoms with Crippen molar-refractivity contribution in [3.05, 3.63) is 102 Å². The summed E-state index contributed by atoms with van der Waals surface area (Å²) in [6.45, 7) is 0. The van der Waals surface area contributed by atoms with E-state index < -0.39 is 5.97 Å². The summed E-state index contributed by atoms with van der Waals surface area (Å²) in [5.41, 5.74) is 7.31. The molecule has 0 spiro atoms. The number of fused-ring (bicyclic) bond motifs is 1. The van der Waals surface area contributed by atoms with Gasteiger partial charge in [0.15, 0.2) is 0 Å². The van der Waals surface area contributed by atoms with Gasteiger partial charge in [-0.05, 0) is 54.0 Å². The van der Waals surface area contributed by atoms with Crippen LogP contribution < -0.4 is 0 Å². The zero-order valence-electron chi connectivity index (χ0n) is 16.6. The van der Waals surface area contributed by atoms with Crippen LogP contribution in [0.2, 0.25) is 0 Å². The minimum Gasteiger partial charge on any atom is -0.478 e. The predicted molar refractivity (Wildman–Crippen MR) is 122 cm³/mol. The number of aromatic amines is 1. The molecule has 1 unspecified atom stereocenters. The molecule has 0 aliphatic heterocycles. The van der Waals surface area contributed by atoms with Crippen molar-refractivity contribution in [2.45, 2.75) is 25.2 Å². The van der Waals surface area contributed by atoms with Crippen LogP contribution in [0.4, 0.5) is 0 Å². The van der Waals surface area contributed by atoms with Gasteiger partial charge in [0.05, 0.1) is 11.3 Å². The van der Waals surface area contributed by atoms with E-state index in [9.17, 15) is 9.90 Å². The van der Waals surface area contributed by atoms with E-state index in [0.717, 1.165) is 41.4 Å². The molecule has 5 rings (SSSR count). The van der Waals surface area contributed by atoms with Gasteiger partial charge in [-0.2, -0.15) is 0 Å². The van der Waals surface area contributed by atoms with Gasteiger partial charge in [0.2, 0.25) is 0 Å². The van der Waals surface area contributed by atoms with Crippen LogP contribution in [0.5, 0.6) is 0 Å². The van der Waals surface area contributed by atoms with Crippen molar-refractivity contribution < 1.29 is 9.90 Å². The Hall–Kier alpha value is -3.59. The summed E-state index contributed by atoms with van der Waals surface area (Å²) in [6, 6.07) is 26.4. The van der Waals surface area contributed by atoms with Crippen LogP contribution in [-0.2, 0) is 0 Å². The maximum absolute atomic E-state index is 11.5. The van der Waals surface area contributed by atoms with Crippen LogP contribution in [0.3, 0.4) is 0 Å². The third-order valence-electron chi connectivity index (χ3n) is 6.11. The second-order valence-electron chi connectivity index (χ2n) is 7.92. The number of carboxylic acid groups (broad SMARTS) is 1. The molecular formula is C27H23NO2. The molecule has 1 atom stereocenters. The van der Waals surface area contributed by atoms with Crippen molar-refractivity contribution in [2.24, 2.45) is 0 Å². The maximum atomic E-state index is 11.5. The molecule has 0 amide bonds. The Morgan fingerprint density at radius 3 is 2.33 bits per heavy atom. The molecule has 1 heterocycles. The first-order valence-electron chi connectivity index (χ1n) is 10.4. The summed E-state index contributed by atoms with van der Waals surface area (Å²) in [6.07, 6.45) is 5.52. The lowest BCUT2D eigenvalue weighted by Gasteiger charge is -2.23. The maximum Gasteiger partial charge on any atom is 0.335 e. The Morgan fingerprint density at radius 1 is 0.933 bits per heavy atom. The molecule has 0 fully saturated rings. The summed E-state index contributed by atoms with van der Waals surface area (Å²) in [4.78, 5) is 15.0. The molecule has 1 aromatic heterocycles. The van der Waals surface area contributed by atoms with Gasteiger partial charge in [-0.15, -0.1) is 0 Å². The Labute approximate surface area is 175 Å². The zero-order chi connectivity index (χ0) is 20.5. The molecule has 0 bridgehead atoms. The Kier molecular flexibility index (Phi) is 4.72. The first-order valence-corrected chi connectivity index (χ1v) is 10.4. The van der Waals surface area contributed by atoms with Crippen LogP contribution in [0.25, 0.3) is 27.7 Å². The molecular weight excluding hydrogens is 370 g/mol. The van der Waals surface area contributed by atoms with E-state index in [1.807, 2.05) is 24.3 Å². The van der Waals surface area contributed by atoms with Crippen LogP contribution in [-0.4, -0.2) is 16.1 Å². The number of H-pyrrole nitrogens is 1. The van der Waals surface area contributed by atoms with Crippen molar-refractivity contribution in [3.8, 4) is 11.3 Å². The van der Waals surface area contributed by atoms with E-state index >= 15 is 0 Å². The lowest BCUT2D eigenvalue weighted by atomic mass is 9.81. The number of rotatable bonds is 4. The van der Waals surface area contributed by atoms with Crippen molar-refractivity contribution in [1.82, 2.24) is 4.98 Å². The first-order chi connectivity index (χ1) is 14.7. The van der Waals surface area contributed by atoms with Gasteiger partial charge in [-0.25, -0.2) is 4.79 Å². The molecule has 2 N–H and O–H groups in total. The summed E-state index contributed by atoms with van der Waals surface area (Å²) in [5, 5.41) is 10.5. The number of benzene rings is 3. The third kappa shape index (κ3) is 3.33. The number of carbonyl (C=O) groups is 1. The van der Waals surface area contributed by atoms with E-state index in [-0.39, 0.29) is 0 Å². The van der Waals surface area contributed by atoms with Crippen molar-refractivity contribution in [1.29, 1.82) is 0 Å². The van der Waals surface area contributed by atoms with Gasteiger partial charge in [-0.1, -0.05) is 72.8 Å². The normalized spacial score (nSPS) is 16.4. The first kappa shape index (κ1) is 18.4. The molecule has 1 aliphatic carbocycles. The second kappa shape index (κ2) is 7.68. The highest BCUT2D eigenvalue weighted by molar-refractivity contribution is 6.03. The minimum absolute atomic E-state index is 0.302. The average molecular weight is 393 g/mol. The highest BCUT2D eigenvalue weighted by Gasteiger charge is 2.22. The fourth-order valence-corrected chi connectivity index (χ4v) is 4.57. The van der Waals surface area contributed by atoms with Gasteiger partial charge in [-0.3, -0.25) is 0 Å². The van der Waals surface area contributed by atoms with Crippen LogP contribution in [0, 0.1) is 0 Å². The fraction of sp³-hybridized carbons (Fsp3) is 0.148. The molecule has 3 aromatic carbocycles. The average Bonchev–Trinajstić information content (AvgIpc) is 3.19. The van der Waals surface area contributed by atoms with Crippen LogP contribution in [0.1, 0.15) is 46.7 Å². The summed E-state index contributed by atoms with van der Waals surface area (Å²) < 4.78 is 0. The molecule has 0 saturated heterocycles. The summed E-state index contributed by atoms with van der Waals surface area (Å²) in [5.74, 6) is -0.351. The van der Waals surface area contributed by atoms with E-state index in [2.05, 4.69) is 53.5 Å². The standard InChI is InChI=1S/C27H23NO2/c29-27(30)22-15-16-23-24(17-22)28-26(21-9-5-2-6-10-21)25(23)20-13-11-19(12-14-20)18-7-3-1-4-8-18/h1-10,13,15-17,19,28H,11-12,14H2,(H,29,30). The quantitative estimate of drug-likeness (QED) is 0.397. The number of aromatic carboxylic acids is 1. The number of nitrogens with one attached hydrogen (secondary N) is 1.